The second-order valence-corrected chi connectivity index (χ2v) is 7.84. The van der Waals surface area contributed by atoms with Crippen LogP contribution >= 0.6 is 0 Å². The first-order valence-corrected chi connectivity index (χ1v) is 9.00. The maximum Gasteiger partial charge on any atom is 0.237 e. The van der Waals surface area contributed by atoms with Gasteiger partial charge in [-0.3, -0.25) is 9.29 Å². The third-order valence-corrected chi connectivity index (χ3v) is 5.64. The van der Waals surface area contributed by atoms with Crippen molar-refractivity contribution in [2.45, 2.75) is 32.4 Å². The van der Waals surface area contributed by atoms with Crippen LogP contribution in [0.1, 0.15) is 27.2 Å². The van der Waals surface area contributed by atoms with Crippen molar-refractivity contribution in [2.75, 3.05) is 10.8 Å². The lowest BCUT2D eigenvalue weighted by atomic mass is 10.1. The van der Waals surface area contributed by atoms with Crippen LogP contribution < -0.4 is 4.31 Å². The fourth-order valence-electron chi connectivity index (χ4n) is 2.19. The second-order valence-electron chi connectivity index (χ2n) is 5.43. The van der Waals surface area contributed by atoms with Crippen molar-refractivity contribution in [3.05, 3.63) is 48.7 Å². The maximum absolute atomic E-state index is 12.5. The van der Waals surface area contributed by atoms with Crippen LogP contribution in [-0.2, 0) is 10.0 Å². The molecule has 0 aliphatic carbocycles. The summed E-state index contributed by atoms with van der Waals surface area (Å²) in [5.74, 6) is 0. The van der Waals surface area contributed by atoms with Crippen LogP contribution in [0.3, 0.4) is 0 Å². The van der Waals surface area contributed by atoms with Crippen molar-refractivity contribution in [1.29, 1.82) is 0 Å². The standard InChI is InChI=1S/C17H22N2O2S/c1-4-13-19(22(20,21)14(2)3)16-10-8-15(9-11-16)17-7-5-6-12-18-17/h5-12,14H,4,13H2,1-3H3. The van der Waals surface area contributed by atoms with Gasteiger partial charge in [-0.15, -0.1) is 0 Å². The Bertz CT molecular complexity index is 695. The molecule has 118 valence electrons. The van der Waals surface area contributed by atoms with E-state index >= 15 is 0 Å². The van der Waals surface area contributed by atoms with Gasteiger partial charge < -0.3 is 0 Å². The molecule has 1 heterocycles. The molecule has 0 saturated heterocycles. The molecule has 5 heteroatoms. The van der Waals surface area contributed by atoms with Gasteiger partial charge in [0.15, 0.2) is 0 Å². The van der Waals surface area contributed by atoms with Gasteiger partial charge in [-0.25, -0.2) is 8.42 Å². The fourth-order valence-corrected chi connectivity index (χ4v) is 3.55. The number of rotatable bonds is 6. The minimum Gasteiger partial charge on any atom is -0.270 e. The van der Waals surface area contributed by atoms with Gasteiger partial charge in [-0.2, -0.15) is 0 Å². The summed E-state index contributed by atoms with van der Waals surface area (Å²) in [5.41, 5.74) is 2.56. The molecule has 4 nitrogen and oxygen atoms in total. The molecular weight excluding hydrogens is 296 g/mol. The zero-order valence-electron chi connectivity index (χ0n) is 13.2. The average molecular weight is 318 g/mol. The van der Waals surface area contributed by atoms with Crippen LogP contribution in [0.15, 0.2) is 48.7 Å². The SMILES string of the molecule is CCCN(c1ccc(-c2ccccn2)cc1)S(=O)(=O)C(C)C. The quantitative estimate of drug-likeness (QED) is 0.816. The number of aromatic nitrogens is 1. The van der Waals surface area contributed by atoms with E-state index in [9.17, 15) is 8.42 Å². The van der Waals surface area contributed by atoms with E-state index < -0.39 is 15.3 Å². The Morgan fingerprint density at radius 2 is 1.77 bits per heavy atom. The Balaban J connectivity index is 2.35. The van der Waals surface area contributed by atoms with Crippen LogP contribution in [0.5, 0.6) is 0 Å². The lowest BCUT2D eigenvalue weighted by Crippen LogP contribution is -2.37. The van der Waals surface area contributed by atoms with E-state index in [0.29, 0.717) is 12.2 Å². The summed E-state index contributed by atoms with van der Waals surface area (Å²) in [4.78, 5) is 4.30. The minimum atomic E-state index is -3.31. The molecule has 0 aliphatic rings. The van der Waals surface area contributed by atoms with Crippen molar-refractivity contribution in [3.63, 3.8) is 0 Å². The van der Waals surface area contributed by atoms with E-state index in [0.717, 1.165) is 17.7 Å². The van der Waals surface area contributed by atoms with Crippen LogP contribution in [0.4, 0.5) is 5.69 Å². The summed E-state index contributed by atoms with van der Waals surface area (Å²) in [6.45, 7) is 5.88. The monoisotopic (exact) mass is 318 g/mol. The lowest BCUT2D eigenvalue weighted by molar-refractivity contribution is 0.581. The number of hydrogen-bond acceptors (Lipinski definition) is 3. The van der Waals surface area contributed by atoms with Crippen molar-refractivity contribution in [1.82, 2.24) is 4.98 Å². The molecule has 0 unspecified atom stereocenters. The van der Waals surface area contributed by atoms with Crippen molar-refractivity contribution in [2.24, 2.45) is 0 Å². The van der Waals surface area contributed by atoms with Gasteiger partial charge >= 0.3 is 0 Å². The largest absolute Gasteiger partial charge is 0.270 e. The van der Waals surface area contributed by atoms with E-state index in [4.69, 9.17) is 0 Å². The molecule has 0 fully saturated rings. The Hall–Kier alpha value is -1.88. The smallest absolute Gasteiger partial charge is 0.237 e. The summed E-state index contributed by atoms with van der Waals surface area (Å²) >= 11 is 0. The van der Waals surface area contributed by atoms with Gasteiger partial charge in [0, 0.05) is 18.3 Å². The molecule has 22 heavy (non-hydrogen) atoms. The van der Waals surface area contributed by atoms with Crippen LogP contribution in [0.25, 0.3) is 11.3 Å². The van der Waals surface area contributed by atoms with Crippen LogP contribution in [0, 0.1) is 0 Å². The third-order valence-electron chi connectivity index (χ3n) is 3.45. The van der Waals surface area contributed by atoms with Gasteiger partial charge in [0.1, 0.15) is 0 Å². The van der Waals surface area contributed by atoms with E-state index in [1.54, 1.807) is 20.0 Å². The van der Waals surface area contributed by atoms with Crippen molar-refractivity contribution < 1.29 is 8.42 Å². The highest BCUT2D eigenvalue weighted by molar-refractivity contribution is 7.93. The fraction of sp³-hybridized carbons (Fsp3) is 0.353. The predicted molar refractivity (Wildman–Crippen MR) is 91.4 cm³/mol. The number of pyridine rings is 1. The molecule has 0 saturated carbocycles. The van der Waals surface area contributed by atoms with E-state index in [2.05, 4.69) is 4.98 Å². The summed E-state index contributed by atoms with van der Waals surface area (Å²) in [7, 11) is -3.31. The first-order chi connectivity index (χ1) is 10.5. The highest BCUT2D eigenvalue weighted by Crippen LogP contribution is 2.25. The number of anilines is 1. The number of sulfonamides is 1. The molecule has 0 N–H and O–H groups in total. The van der Waals surface area contributed by atoms with Crippen molar-refractivity contribution >= 4 is 15.7 Å². The van der Waals surface area contributed by atoms with E-state index in [1.807, 2.05) is 49.4 Å². The first kappa shape index (κ1) is 16.5. The summed E-state index contributed by atoms with van der Waals surface area (Å²) in [6.07, 6.45) is 2.52. The summed E-state index contributed by atoms with van der Waals surface area (Å²) in [5, 5.41) is -0.436. The van der Waals surface area contributed by atoms with E-state index in [-0.39, 0.29) is 0 Å². The zero-order valence-corrected chi connectivity index (χ0v) is 14.0. The second kappa shape index (κ2) is 6.92. The highest BCUT2D eigenvalue weighted by Gasteiger charge is 2.25. The molecule has 2 rings (SSSR count). The Kier molecular flexibility index (Phi) is 5.19. The maximum atomic E-state index is 12.5. The van der Waals surface area contributed by atoms with Gasteiger partial charge in [-0.1, -0.05) is 25.1 Å². The Labute approximate surface area is 132 Å². The van der Waals surface area contributed by atoms with Crippen LogP contribution in [0.2, 0.25) is 0 Å². The normalized spacial score (nSPS) is 11.6. The molecule has 0 spiro atoms. The third kappa shape index (κ3) is 3.47. The number of benzene rings is 1. The van der Waals surface area contributed by atoms with Gasteiger partial charge in [0.25, 0.3) is 0 Å². The van der Waals surface area contributed by atoms with Gasteiger partial charge in [0.2, 0.25) is 10.0 Å². The zero-order chi connectivity index (χ0) is 16.2. The topological polar surface area (TPSA) is 50.3 Å². The molecule has 1 aromatic carbocycles. The molecule has 1 aromatic heterocycles. The van der Waals surface area contributed by atoms with Crippen LogP contribution in [-0.4, -0.2) is 25.2 Å². The Morgan fingerprint density at radius 1 is 1.09 bits per heavy atom. The number of hydrogen-bond donors (Lipinski definition) is 0. The summed E-state index contributed by atoms with van der Waals surface area (Å²) < 4.78 is 26.5. The highest BCUT2D eigenvalue weighted by atomic mass is 32.2. The summed E-state index contributed by atoms with van der Waals surface area (Å²) in [6, 6.07) is 13.3. The first-order valence-electron chi connectivity index (χ1n) is 7.50. The molecule has 0 bridgehead atoms. The Morgan fingerprint density at radius 3 is 2.27 bits per heavy atom. The molecule has 0 atom stereocenters. The van der Waals surface area contributed by atoms with Gasteiger partial charge in [-0.05, 0) is 44.5 Å². The molecule has 0 radical (unpaired) electrons. The van der Waals surface area contributed by atoms with Crippen molar-refractivity contribution in [3.8, 4) is 11.3 Å². The number of nitrogens with zero attached hydrogens (tertiary/aromatic N) is 2. The molecule has 0 aliphatic heterocycles. The predicted octanol–water partition coefficient (Wildman–Crippen LogP) is 3.70. The molecule has 2 aromatic rings. The van der Waals surface area contributed by atoms with E-state index in [1.165, 1.54) is 4.31 Å². The molecular formula is C17H22N2O2S. The lowest BCUT2D eigenvalue weighted by Gasteiger charge is -2.26. The van der Waals surface area contributed by atoms with Gasteiger partial charge in [0.05, 0.1) is 16.6 Å². The minimum absolute atomic E-state index is 0.436. The molecule has 0 amide bonds. The average Bonchev–Trinajstić information content (AvgIpc) is 2.53.